The molecule has 94 valence electrons. The molecule has 0 spiro atoms. The van der Waals surface area contributed by atoms with Crippen molar-refractivity contribution in [2.45, 2.75) is 4.90 Å². The van der Waals surface area contributed by atoms with Gasteiger partial charge in [-0.3, -0.25) is 0 Å². The Balaban J connectivity index is 2.05. The van der Waals surface area contributed by atoms with Crippen molar-refractivity contribution in [2.24, 2.45) is 4.40 Å². The van der Waals surface area contributed by atoms with Crippen LogP contribution in [0.25, 0.3) is 11.0 Å². The predicted molar refractivity (Wildman–Crippen MR) is 71.0 cm³/mol. The molecular formula is C11H6N4O2S2. The van der Waals surface area contributed by atoms with Crippen molar-refractivity contribution in [3.8, 4) is 0 Å². The van der Waals surface area contributed by atoms with Gasteiger partial charge in [-0.1, -0.05) is 17.3 Å². The van der Waals surface area contributed by atoms with Crippen molar-refractivity contribution in [3.05, 3.63) is 40.6 Å². The molecule has 3 aromatic rings. The van der Waals surface area contributed by atoms with E-state index < -0.39 is 10.0 Å². The number of hydrogen-bond acceptors (Lipinski definition) is 5. The Morgan fingerprint density at radius 3 is 2.89 bits per heavy atom. The van der Waals surface area contributed by atoms with Gasteiger partial charge in [-0.2, -0.15) is 13.1 Å². The van der Waals surface area contributed by atoms with Gasteiger partial charge in [0.1, 0.15) is 10.4 Å². The molecule has 0 unspecified atom stereocenters. The summed E-state index contributed by atoms with van der Waals surface area (Å²) in [5.74, 6) is 0.318. The number of benzene rings is 1. The molecule has 4 rings (SSSR count). The zero-order valence-corrected chi connectivity index (χ0v) is 11.0. The first kappa shape index (κ1) is 10.8. The molecule has 0 saturated carbocycles. The van der Waals surface area contributed by atoms with Crippen LogP contribution in [0.5, 0.6) is 0 Å². The van der Waals surface area contributed by atoms with Gasteiger partial charge in [0.05, 0.1) is 10.4 Å². The molecular weight excluding hydrogens is 284 g/mol. The van der Waals surface area contributed by atoms with E-state index in [4.69, 9.17) is 0 Å². The normalized spacial score (nSPS) is 16.5. The maximum atomic E-state index is 11.9. The zero-order chi connectivity index (χ0) is 13.0. The molecule has 0 N–H and O–H groups in total. The smallest absolute Gasteiger partial charge is 0.199 e. The molecule has 0 aliphatic carbocycles. The topological polar surface area (TPSA) is 77.2 Å². The molecule has 2 aromatic heterocycles. The van der Waals surface area contributed by atoms with Gasteiger partial charge < -0.3 is 0 Å². The maximum absolute atomic E-state index is 11.9. The Morgan fingerprint density at radius 2 is 2.00 bits per heavy atom. The minimum absolute atomic E-state index is 0.243. The molecule has 19 heavy (non-hydrogen) atoms. The molecule has 1 aliphatic heterocycles. The van der Waals surface area contributed by atoms with Crippen LogP contribution in [0.2, 0.25) is 0 Å². The van der Waals surface area contributed by atoms with E-state index in [1.807, 2.05) is 24.3 Å². The van der Waals surface area contributed by atoms with Crippen LogP contribution in [0.1, 0.15) is 4.88 Å². The first-order valence-electron chi connectivity index (χ1n) is 5.40. The van der Waals surface area contributed by atoms with Crippen molar-refractivity contribution in [3.63, 3.8) is 0 Å². The van der Waals surface area contributed by atoms with Crippen molar-refractivity contribution < 1.29 is 8.42 Å². The summed E-state index contributed by atoms with van der Waals surface area (Å²) in [4.78, 5) is 0.850. The minimum atomic E-state index is -3.60. The van der Waals surface area contributed by atoms with Crippen molar-refractivity contribution in [2.75, 3.05) is 0 Å². The van der Waals surface area contributed by atoms with Crippen LogP contribution in [-0.2, 0) is 10.0 Å². The summed E-state index contributed by atoms with van der Waals surface area (Å²) in [6.07, 6.45) is 0. The first-order chi connectivity index (χ1) is 9.17. The molecule has 0 saturated heterocycles. The summed E-state index contributed by atoms with van der Waals surface area (Å²) in [7, 11) is -3.60. The number of nitrogens with zero attached hydrogens (tertiary/aromatic N) is 4. The third kappa shape index (κ3) is 1.41. The summed E-state index contributed by atoms with van der Waals surface area (Å²) < 4.78 is 29.1. The van der Waals surface area contributed by atoms with Crippen LogP contribution in [-0.4, -0.2) is 29.2 Å². The lowest BCUT2D eigenvalue weighted by molar-refractivity contribution is 0.599. The van der Waals surface area contributed by atoms with Gasteiger partial charge in [0.15, 0.2) is 5.84 Å². The second kappa shape index (κ2) is 3.49. The maximum Gasteiger partial charge on any atom is 0.285 e. The quantitative estimate of drug-likeness (QED) is 0.628. The Bertz CT molecular complexity index is 936. The van der Waals surface area contributed by atoms with Crippen LogP contribution in [0.3, 0.4) is 0 Å². The molecule has 1 aromatic carbocycles. The molecule has 0 amide bonds. The fourth-order valence-electron chi connectivity index (χ4n) is 2.03. The molecule has 0 atom stereocenters. The SMILES string of the molecule is O=S1(=O)N=C(n2nnc3ccccc32)c2sccc21. The van der Waals surface area contributed by atoms with Gasteiger partial charge >= 0.3 is 0 Å². The summed E-state index contributed by atoms with van der Waals surface area (Å²) in [6, 6.07) is 8.91. The third-order valence-electron chi connectivity index (χ3n) is 2.87. The Hall–Kier alpha value is -2.06. The molecule has 0 radical (unpaired) electrons. The van der Waals surface area contributed by atoms with Crippen LogP contribution >= 0.6 is 11.3 Å². The van der Waals surface area contributed by atoms with E-state index in [-0.39, 0.29) is 4.90 Å². The lowest BCUT2D eigenvalue weighted by atomic mass is 10.3. The van der Waals surface area contributed by atoms with Crippen LogP contribution in [0, 0.1) is 0 Å². The van der Waals surface area contributed by atoms with E-state index in [9.17, 15) is 8.42 Å². The monoisotopic (exact) mass is 290 g/mol. The van der Waals surface area contributed by atoms with Gasteiger partial charge in [-0.25, -0.2) is 0 Å². The van der Waals surface area contributed by atoms with E-state index in [2.05, 4.69) is 14.7 Å². The number of rotatable bonds is 0. The van der Waals surface area contributed by atoms with Crippen LogP contribution < -0.4 is 0 Å². The van der Waals surface area contributed by atoms with Crippen LogP contribution in [0.15, 0.2) is 45.0 Å². The van der Waals surface area contributed by atoms with Gasteiger partial charge in [-0.05, 0) is 23.6 Å². The fraction of sp³-hybridized carbons (Fsp3) is 0. The Labute approximate surface area is 112 Å². The average molecular weight is 290 g/mol. The lowest BCUT2D eigenvalue weighted by Crippen LogP contribution is -2.11. The second-order valence-electron chi connectivity index (χ2n) is 3.99. The van der Waals surface area contributed by atoms with E-state index in [0.29, 0.717) is 16.2 Å². The number of thiophene rings is 1. The van der Waals surface area contributed by atoms with E-state index >= 15 is 0 Å². The van der Waals surface area contributed by atoms with Crippen molar-refractivity contribution in [1.29, 1.82) is 0 Å². The lowest BCUT2D eigenvalue weighted by Gasteiger charge is -1.99. The van der Waals surface area contributed by atoms with E-state index in [1.54, 1.807) is 11.4 Å². The highest BCUT2D eigenvalue weighted by molar-refractivity contribution is 7.91. The molecule has 1 aliphatic rings. The molecule has 0 fully saturated rings. The summed E-state index contributed by atoms with van der Waals surface area (Å²) >= 11 is 1.33. The van der Waals surface area contributed by atoms with Gasteiger partial charge in [0.2, 0.25) is 0 Å². The zero-order valence-electron chi connectivity index (χ0n) is 9.39. The number of sulfonamides is 1. The van der Waals surface area contributed by atoms with Crippen LogP contribution in [0.4, 0.5) is 0 Å². The first-order valence-corrected chi connectivity index (χ1v) is 7.72. The summed E-state index contributed by atoms with van der Waals surface area (Å²) in [5, 5.41) is 9.74. The highest BCUT2D eigenvalue weighted by atomic mass is 32.2. The average Bonchev–Trinajstić information content (AvgIpc) is 3.07. The van der Waals surface area contributed by atoms with Crippen molar-refractivity contribution in [1.82, 2.24) is 15.0 Å². The molecule has 8 heteroatoms. The van der Waals surface area contributed by atoms with Gasteiger partial charge in [-0.15, -0.1) is 20.8 Å². The number of fused-ring (bicyclic) bond motifs is 2. The molecule has 3 heterocycles. The standard InChI is InChI=1S/C11H6N4O2S2/c16-19(17)9-5-6-18-10(9)11(13-19)15-8-4-2-1-3-7(8)12-14-15/h1-6H. The van der Waals surface area contributed by atoms with Crippen molar-refractivity contribution >= 4 is 38.2 Å². The van der Waals surface area contributed by atoms with Gasteiger partial charge in [0.25, 0.3) is 10.0 Å². The van der Waals surface area contributed by atoms with E-state index in [0.717, 1.165) is 5.52 Å². The summed E-state index contributed by atoms with van der Waals surface area (Å²) in [5.41, 5.74) is 1.44. The highest BCUT2D eigenvalue weighted by Gasteiger charge is 2.32. The number of aromatic nitrogens is 3. The summed E-state index contributed by atoms with van der Waals surface area (Å²) in [6.45, 7) is 0. The highest BCUT2D eigenvalue weighted by Crippen LogP contribution is 2.31. The predicted octanol–water partition coefficient (Wildman–Crippen LogP) is 1.49. The molecule has 6 nitrogen and oxygen atoms in total. The minimum Gasteiger partial charge on any atom is -0.199 e. The third-order valence-corrected chi connectivity index (χ3v) is 5.22. The largest absolute Gasteiger partial charge is 0.285 e. The van der Waals surface area contributed by atoms with Gasteiger partial charge in [0, 0.05) is 0 Å². The molecule has 0 bridgehead atoms. The number of hydrogen-bond donors (Lipinski definition) is 0. The Morgan fingerprint density at radius 1 is 1.16 bits per heavy atom. The second-order valence-corrected chi connectivity index (χ2v) is 6.48. The fourth-order valence-corrected chi connectivity index (χ4v) is 4.45. The Kier molecular flexibility index (Phi) is 1.99. The van der Waals surface area contributed by atoms with E-state index in [1.165, 1.54) is 16.0 Å². The number of para-hydroxylation sites is 1.